The molecule has 4 nitrogen and oxygen atoms in total. The Morgan fingerprint density at radius 3 is 2.59 bits per heavy atom. The number of nitrogens with one attached hydrogen (secondary N) is 1. The summed E-state index contributed by atoms with van der Waals surface area (Å²) in [5, 5.41) is 3.33. The fourth-order valence-electron chi connectivity index (χ4n) is 3.88. The molecule has 0 amide bonds. The third-order valence-corrected chi connectivity index (χ3v) is 5.26. The van der Waals surface area contributed by atoms with Crippen molar-refractivity contribution in [3.8, 4) is 0 Å². The van der Waals surface area contributed by atoms with Gasteiger partial charge in [0, 0.05) is 32.7 Å². The summed E-state index contributed by atoms with van der Waals surface area (Å²) in [5.41, 5.74) is 2.62. The molecule has 1 atom stereocenters. The van der Waals surface area contributed by atoms with Crippen molar-refractivity contribution >= 4 is 35.5 Å². The van der Waals surface area contributed by atoms with E-state index in [-0.39, 0.29) is 29.9 Å². The number of hydrogen-bond acceptors (Lipinski definition) is 2. The second-order valence-corrected chi connectivity index (χ2v) is 7.49. The highest BCUT2D eigenvalue weighted by molar-refractivity contribution is 14.0. The summed E-state index contributed by atoms with van der Waals surface area (Å²) in [6, 6.07) is 10.4. The predicted octanol–water partition coefficient (Wildman–Crippen LogP) is 4.24. The molecule has 0 radical (unpaired) electrons. The number of halogens is 4. The number of rotatable bonds is 5. The van der Waals surface area contributed by atoms with Gasteiger partial charge in [-0.3, -0.25) is 9.89 Å². The molecule has 1 aromatic carbocycles. The second kappa shape index (κ2) is 11.2. The number of nitrogens with zero attached hydrogens (tertiary/aromatic N) is 3. The van der Waals surface area contributed by atoms with Crippen molar-refractivity contribution < 1.29 is 13.2 Å². The summed E-state index contributed by atoms with van der Waals surface area (Å²) in [7, 11) is 0. The number of hydrogen-bond donors (Lipinski definition) is 1. The van der Waals surface area contributed by atoms with Crippen LogP contribution in [0.5, 0.6) is 0 Å². The molecule has 1 N–H and O–H groups in total. The van der Waals surface area contributed by atoms with Crippen LogP contribution in [0.3, 0.4) is 0 Å². The summed E-state index contributed by atoms with van der Waals surface area (Å²) in [6.07, 6.45) is -0.149. The smallest absolute Gasteiger partial charge is 0.357 e. The van der Waals surface area contributed by atoms with Gasteiger partial charge < -0.3 is 10.2 Å². The van der Waals surface area contributed by atoms with E-state index in [1.165, 1.54) is 16.0 Å². The van der Waals surface area contributed by atoms with Crippen LogP contribution in [0.2, 0.25) is 0 Å². The minimum Gasteiger partial charge on any atom is -0.357 e. The van der Waals surface area contributed by atoms with Gasteiger partial charge in [0.25, 0.3) is 0 Å². The fourth-order valence-corrected chi connectivity index (χ4v) is 3.88. The van der Waals surface area contributed by atoms with Gasteiger partial charge in [0.05, 0.1) is 6.54 Å². The molecule has 3 rings (SSSR count). The molecule has 2 aliphatic heterocycles. The molecule has 1 fully saturated rings. The molecule has 162 valence electrons. The predicted molar refractivity (Wildman–Crippen MR) is 123 cm³/mol. The molecule has 0 bridgehead atoms. The third-order valence-electron chi connectivity index (χ3n) is 5.26. The first-order chi connectivity index (χ1) is 13.4. The van der Waals surface area contributed by atoms with Gasteiger partial charge in [-0.15, -0.1) is 24.0 Å². The van der Waals surface area contributed by atoms with Crippen LogP contribution < -0.4 is 5.32 Å². The summed E-state index contributed by atoms with van der Waals surface area (Å²) in [5.74, 6) is 1.05. The maximum absolute atomic E-state index is 12.6. The molecule has 1 saturated heterocycles. The minimum atomic E-state index is -4.12. The Kier molecular flexibility index (Phi) is 9.26. The number of alkyl halides is 3. The lowest BCUT2D eigenvalue weighted by molar-refractivity contribution is -0.143. The molecule has 2 heterocycles. The maximum Gasteiger partial charge on any atom is 0.401 e. The number of benzene rings is 1. The van der Waals surface area contributed by atoms with Crippen LogP contribution in [-0.4, -0.2) is 67.7 Å². The number of aliphatic imine (C=N–C) groups is 1. The Labute approximate surface area is 188 Å². The van der Waals surface area contributed by atoms with E-state index in [2.05, 4.69) is 40.6 Å². The van der Waals surface area contributed by atoms with Crippen LogP contribution in [0.15, 0.2) is 41.4 Å². The zero-order valence-corrected chi connectivity index (χ0v) is 19.1. The second-order valence-electron chi connectivity index (χ2n) is 7.49. The van der Waals surface area contributed by atoms with Crippen molar-refractivity contribution in [1.82, 2.24) is 15.1 Å². The Morgan fingerprint density at radius 2 is 1.97 bits per heavy atom. The van der Waals surface area contributed by atoms with Crippen LogP contribution in [0, 0.1) is 5.92 Å². The first-order valence-corrected chi connectivity index (χ1v) is 10.0. The van der Waals surface area contributed by atoms with Gasteiger partial charge in [-0.1, -0.05) is 36.4 Å². The van der Waals surface area contributed by atoms with E-state index < -0.39 is 12.7 Å². The van der Waals surface area contributed by atoms with E-state index >= 15 is 0 Å². The van der Waals surface area contributed by atoms with Crippen LogP contribution in [0.1, 0.15) is 25.3 Å². The van der Waals surface area contributed by atoms with E-state index in [9.17, 15) is 13.2 Å². The highest BCUT2D eigenvalue weighted by atomic mass is 127. The molecule has 2 aliphatic rings. The average molecular weight is 522 g/mol. The largest absolute Gasteiger partial charge is 0.401 e. The normalized spacial score (nSPS) is 21.0. The lowest BCUT2D eigenvalue weighted by Gasteiger charge is -2.30. The van der Waals surface area contributed by atoms with Crippen LogP contribution >= 0.6 is 24.0 Å². The first-order valence-electron chi connectivity index (χ1n) is 10.0. The summed E-state index contributed by atoms with van der Waals surface area (Å²) >= 11 is 0. The number of likely N-dealkylation sites (tertiary alicyclic amines) is 1. The van der Waals surface area contributed by atoms with Crippen molar-refractivity contribution in [3.05, 3.63) is 42.0 Å². The third kappa shape index (κ3) is 7.47. The quantitative estimate of drug-likeness (QED) is 0.357. The van der Waals surface area contributed by atoms with Gasteiger partial charge in [-0.2, -0.15) is 13.2 Å². The van der Waals surface area contributed by atoms with E-state index in [1.807, 2.05) is 13.0 Å². The average Bonchev–Trinajstić information content (AvgIpc) is 3.11. The first kappa shape index (κ1) is 24.0. The van der Waals surface area contributed by atoms with Gasteiger partial charge in [-0.05, 0) is 43.4 Å². The Hall–Kier alpha value is -1.29. The Morgan fingerprint density at radius 1 is 1.21 bits per heavy atom. The Balaban J connectivity index is 0.00000300. The summed E-state index contributed by atoms with van der Waals surface area (Å²) in [6.45, 7) is 5.22. The van der Waals surface area contributed by atoms with Crippen molar-refractivity contribution in [2.75, 3.05) is 45.8 Å². The minimum absolute atomic E-state index is 0. The van der Waals surface area contributed by atoms with Crippen molar-refractivity contribution in [1.29, 1.82) is 0 Å². The van der Waals surface area contributed by atoms with Gasteiger partial charge in [0.2, 0.25) is 0 Å². The van der Waals surface area contributed by atoms with E-state index in [0.29, 0.717) is 19.6 Å². The van der Waals surface area contributed by atoms with Gasteiger partial charge in [0.1, 0.15) is 0 Å². The Bertz CT molecular complexity index is 691. The van der Waals surface area contributed by atoms with Crippen LogP contribution in [-0.2, 0) is 0 Å². The van der Waals surface area contributed by atoms with Gasteiger partial charge >= 0.3 is 6.18 Å². The van der Waals surface area contributed by atoms with Gasteiger partial charge in [0.15, 0.2) is 5.96 Å². The van der Waals surface area contributed by atoms with Crippen LogP contribution in [0.25, 0.3) is 5.57 Å². The molecule has 0 aromatic heterocycles. The molecule has 29 heavy (non-hydrogen) atoms. The lowest BCUT2D eigenvalue weighted by Crippen LogP contribution is -2.43. The van der Waals surface area contributed by atoms with Crippen molar-refractivity contribution in [3.63, 3.8) is 0 Å². The van der Waals surface area contributed by atoms with Crippen molar-refractivity contribution in [2.45, 2.75) is 25.9 Å². The highest BCUT2D eigenvalue weighted by Crippen LogP contribution is 2.24. The molecular formula is C21H30F3IN4. The molecule has 0 aliphatic carbocycles. The van der Waals surface area contributed by atoms with Crippen LogP contribution in [0.4, 0.5) is 13.2 Å². The highest BCUT2D eigenvalue weighted by Gasteiger charge is 2.34. The van der Waals surface area contributed by atoms with E-state index in [0.717, 1.165) is 38.4 Å². The zero-order valence-electron chi connectivity index (χ0n) is 16.8. The molecule has 1 unspecified atom stereocenters. The molecule has 0 saturated carbocycles. The topological polar surface area (TPSA) is 30.9 Å². The molecule has 1 aromatic rings. The zero-order chi connectivity index (χ0) is 20.0. The standard InChI is InChI=1S/C21H29F3N4.HI/c1-2-25-20(26-14-17-8-11-27(15-17)16-21(22,23)24)28-12-9-19(10-13-28)18-6-4-3-5-7-18;/h3-7,9,17H,2,8,10-16H2,1H3,(H,25,26);1H. The number of guanidine groups is 1. The molecule has 8 heteroatoms. The summed E-state index contributed by atoms with van der Waals surface area (Å²) in [4.78, 5) is 8.45. The lowest BCUT2D eigenvalue weighted by atomic mass is 10.00. The van der Waals surface area contributed by atoms with Gasteiger partial charge in [-0.25, -0.2) is 0 Å². The SMILES string of the molecule is CCNC(=NCC1CCN(CC(F)(F)F)C1)N1CC=C(c2ccccc2)CC1.I. The maximum atomic E-state index is 12.6. The molecule has 0 spiro atoms. The van der Waals surface area contributed by atoms with E-state index in [4.69, 9.17) is 4.99 Å². The van der Waals surface area contributed by atoms with Crippen molar-refractivity contribution in [2.24, 2.45) is 10.9 Å². The van der Waals surface area contributed by atoms with E-state index in [1.54, 1.807) is 0 Å². The molecular weight excluding hydrogens is 492 g/mol. The monoisotopic (exact) mass is 522 g/mol. The summed E-state index contributed by atoms with van der Waals surface area (Å²) < 4.78 is 37.7. The fraction of sp³-hybridized carbons (Fsp3) is 0.571.